The lowest BCUT2D eigenvalue weighted by Gasteiger charge is -2.23. The molecule has 0 aromatic heterocycles. The van der Waals surface area contributed by atoms with Crippen molar-refractivity contribution in [2.45, 2.75) is 49.9 Å². The highest BCUT2D eigenvalue weighted by Crippen LogP contribution is 2.11. The zero-order chi connectivity index (χ0) is 27.4. The van der Waals surface area contributed by atoms with Crippen molar-refractivity contribution in [3.05, 3.63) is 29.8 Å². The van der Waals surface area contributed by atoms with Gasteiger partial charge in [0.25, 0.3) is 0 Å². The SMILES string of the molecule is NC(=O)CC(NC(=O)C(N)Cc1ccc(O)cc1)C(=O)NC(CO)C(=O)NC(CCC(=O)O)C(=O)O. The zero-order valence-corrected chi connectivity index (χ0v) is 19.0. The van der Waals surface area contributed by atoms with Gasteiger partial charge in [-0.1, -0.05) is 12.1 Å². The van der Waals surface area contributed by atoms with E-state index in [1.165, 1.54) is 24.3 Å². The number of benzene rings is 1. The number of aliphatic carboxylic acids is 2. The molecule has 4 amide bonds. The van der Waals surface area contributed by atoms with Crippen LogP contribution in [-0.4, -0.2) is 86.8 Å². The van der Waals surface area contributed by atoms with Crippen LogP contribution in [0.25, 0.3) is 0 Å². The van der Waals surface area contributed by atoms with Gasteiger partial charge in [0.1, 0.15) is 23.9 Å². The number of primary amides is 1. The van der Waals surface area contributed by atoms with E-state index in [-0.39, 0.29) is 12.2 Å². The molecule has 15 nitrogen and oxygen atoms in total. The predicted octanol–water partition coefficient (Wildman–Crippen LogP) is -3.47. The third-order valence-electron chi connectivity index (χ3n) is 4.84. The lowest BCUT2D eigenvalue weighted by Crippen LogP contribution is -2.58. The first-order valence-corrected chi connectivity index (χ1v) is 10.6. The van der Waals surface area contributed by atoms with Crippen LogP contribution < -0.4 is 27.4 Å². The Morgan fingerprint density at radius 3 is 1.86 bits per heavy atom. The van der Waals surface area contributed by atoms with Crippen molar-refractivity contribution >= 4 is 35.6 Å². The number of rotatable bonds is 15. The van der Waals surface area contributed by atoms with E-state index >= 15 is 0 Å². The van der Waals surface area contributed by atoms with Gasteiger partial charge in [0.2, 0.25) is 23.6 Å². The fourth-order valence-electron chi connectivity index (χ4n) is 2.93. The number of carboxylic acid groups (broad SMARTS) is 2. The van der Waals surface area contributed by atoms with Crippen LogP contribution in [0.2, 0.25) is 0 Å². The van der Waals surface area contributed by atoms with Gasteiger partial charge in [0.15, 0.2) is 0 Å². The second-order valence-corrected chi connectivity index (χ2v) is 7.78. The molecule has 0 heterocycles. The summed E-state index contributed by atoms with van der Waals surface area (Å²) >= 11 is 0. The smallest absolute Gasteiger partial charge is 0.326 e. The number of amides is 4. The van der Waals surface area contributed by atoms with Crippen LogP contribution in [0.3, 0.4) is 0 Å². The topological polar surface area (TPSA) is 271 Å². The molecule has 4 unspecified atom stereocenters. The Balaban J connectivity index is 2.85. The van der Waals surface area contributed by atoms with E-state index < -0.39 is 85.6 Å². The number of phenols is 1. The monoisotopic (exact) mass is 511 g/mol. The van der Waals surface area contributed by atoms with E-state index in [0.717, 1.165) is 0 Å². The fourth-order valence-corrected chi connectivity index (χ4v) is 2.93. The van der Waals surface area contributed by atoms with Gasteiger partial charge in [-0.15, -0.1) is 0 Å². The number of carbonyl (C=O) groups is 6. The Morgan fingerprint density at radius 1 is 0.833 bits per heavy atom. The average molecular weight is 511 g/mol. The number of aliphatic hydroxyl groups is 1. The molecule has 198 valence electrons. The molecule has 0 spiro atoms. The molecule has 36 heavy (non-hydrogen) atoms. The third-order valence-corrected chi connectivity index (χ3v) is 4.84. The summed E-state index contributed by atoms with van der Waals surface area (Å²) in [5.41, 5.74) is 11.6. The quantitative estimate of drug-likeness (QED) is 0.112. The van der Waals surface area contributed by atoms with Gasteiger partial charge in [-0.3, -0.25) is 24.0 Å². The molecule has 0 aliphatic rings. The molecule has 0 aliphatic carbocycles. The van der Waals surface area contributed by atoms with Gasteiger partial charge in [-0.05, 0) is 30.5 Å². The molecule has 0 radical (unpaired) electrons. The van der Waals surface area contributed by atoms with Crippen molar-refractivity contribution in [2.24, 2.45) is 11.5 Å². The minimum Gasteiger partial charge on any atom is -0.508 e. The van der Waals surface area contributed by atoms with Gasteiger partial charge < -0.3 is 47.8 Å². The summed E-state index contributed by atoms with van der Waals surface area (Å²) < 4.78 is 0. The Labute approximate surface area is 204 Å². The van der Waals surface area contributed by atoms with E-state index in [0.29, 0.717) is 5.56 Å². The summed E-state index contributed by atoms with van der Waals surface area (Å²) in [6.07, 6.45) is -1.68. The first-order chi connectivity index (χ1) is 16.8. The summed E-state index contributed by atoms with van der Waals surface area (Å²) in [5, 5.41) is 43.0. The maximum atomic E-state index is 12.7. The summed E-state index contributed by atoms with van der Waals surface area (Å²) in [4.78, 5) is 70.8. The van der Waals surface area contributed by atoms with E-state index in [1.54, 1.807) is 0 Å². The summed E-state index contributed by atoms with van der Waals surface area (Å²) in [6, 6.07) is -0.214. The first kappa shape index (κ1) is 29.8. The number of carbonyl (C=O) groups excluding carboxylic acids is 4. The van der Waals surface area contributed by atoms with Crippen LogP contribution in [-0.2, 0) is 35.2 Å². The van der Waals surface area contributed by atoms with Crippen LogP contribution >= 0.6 is 0 Å². The van der Waals surface area contributed by atoms with Gasteiger partial charge in [-0.25, -0.2) is 4.79 Å². The maximum absolute atomic E-state index is 12.7. The molecule has 0 aliphatic heterocycles. The average Bonchev–Trinajstić information content (AvgIpc) is 2.80. The molecule has 1 aromatic rings. The standard InChI is InChI=1S/C21H29N5O10/c22-12(7-10-1-3-11(28)4-2-10)18(32)25-14(8-16(23)29)19(33)26-15(9-27)20(34)24-13(21(35)36)5-6-17(30)31/h1-4,12-15,27-28H,5-9,22H2,(H2,23,29)(H,24,34)(H,25,32)(H,26,33)(H,30,31)(H,35,36). The van der Waals surface area contributed by atoms with E-state index in [4.69, 9.17) is 21.7 Å². The van der Waals surface area contributed by atoms with E-state index in [2.05, 4.69) is 10.6 Å². The van der Waals surface area contributed by atoms with Gasteiger partial charge in [0, 0.05) is 6.42 Å². The number of hydrogen-bond donors (Lipinski definition) is 9. The number of phenolic OH excluding ortho intramolecular Hbond substituents is 1. The Morgan fingerprint density at radius 2 is 1.36 bits per heavy atom. The minimum atomic E-state index is -1.69. The molecule has 1 rings (SSSR count). The summed E-state index contributed by atoms with van der Waals surface area (Å²) in [6.45, 7) is -0.986. The highest BCUT2D eigenvalue weighted by molar-refractivity contribution is 5.96. The van der Waals surface area contributed by atoms with Crippen LogP contribution in [0.15, 0.2) is 24.3 Å². The highest BCUT2D eigenvalue weighted by Gasteiger charge is 2.31. The molecular formula is C21H29N5O10. The molecule has 11 N–H and O–H groups in total. The number of nitrogens with two attached hydrogens (primary N) is 2. The summed E-state index contributed by atoms with van der Waals surface area (Å²) in [5.74, 6) is -6.87. The van der Waals surface area contributed by atoms with Crippen molar-refractivity contribution in [1.82, 2.24) is 16.0 Å². The predicted molar refractivity (Wildman–Crippen MR) is 121 cm³/mol. The Hall–Kier alpha value is -4.24. The number of aliphatic hydroxyl groups excluding tert-OH is 1. The molecule has 1 aromatic carbocycles. The molecule has 0 fully saturated rings. The molecule has 0 bridgehead atoms. The van der Waals surface area contributed by atoms with Gasteiger partial charge in [0.05, 0.1) is 19.1 Å². The van der Waals surface area contributed by atoms with E-state index in [9.17, 15) is 39.0 Å². The minimum absolute atomic E-state index is 0.00833. The number of hydrogen-bond acceptors (Lipinski definition) is 9. The van der Waals surface area contributed by atoms with E-state index in [1.807, 2.05) is 5.32 Å². The highest BCUT2D eigenvalue weighted by atomic mass is 16.4. The number of aromatic hydroxyl groups is 1. The molecule has 4 atom stereocenters. The lowest BCUT2D eigenvalue weighted by molar-refractivity contribution is -0.143. The maximum Gasteiger partial charge on any atom is 0.326 e. The number of nitrogens with one attached hydrogen (secondary N) is 3. The van der Waals surface area contributed by atoms with Crippen LogP contribution in [0, 0.1) is 0 Å². The van der Waals surface area contributed by atoms with Crippen LogP contribution in [0.4, 0.5) is 0 Å². The van der Waals surface area contributed by atoms with Crippen LogP contribution in [0.1, 0.15) is 24.8 Å². The number of carboxylic acids is 2. The first-order valence-electron chi connectivity index (χ1n) is 10.6. The molecular weight excluding hydrogens is 482 g/mol. The fraction of sp³-hybridized carbons (Fsp3) is 0.429. The normalized spacial score (nSPS) is 13.9. The zero-order valence-electron chi connectivity index (χ0n) is 19.0. The molecule has 0 saturated heterocycles. The van der Waals surface area contributed by atoms with Crippen molar-refractivity contribution < 1.29 is 49.2 Å². The van der Waals surface area contributed by atoms with Crippen molar-refractivity contribution in [3.63, 3.8) is 0 Å². The van der Waals surface area contributed by atoms with Crippen molar-refractivity contribution in [3.8, 4) is 5.75 Å². The third kappa shape index (κ3) is 10.4. The summed E-state index contributed by atoms with van der Waals surface area (Å²) in [7, 11) is 0. The molecule has 0 saturated carbocycles. The van der Waals surface area contributed by atoms with Crippen molar-refractivity contribution in [1.29, 1.82) is 0 Å². The van der Waals surface area contributed by atoms with Crippen LogP contribution in [0.5, 0.6) is 5.75 Å². The van der Waals surface area contributed by atoms with Crippen molar-refractivity contribution in [2.75, 3.05) is 6.61 Å². The Kier molecular flexibility index (Phi) is 11.8. The molecule has 15 heteroatoms. The van der Waals surface area contributed by atoms with Gasteiger partial charge in [-0.2, -0.15) is 0 Å². The second-order valence-electron chi connectivity index (χ2n) is 7.78. The van der Waals surface area contributed by atoms with Gasteiger partial charge >= 0.3 is 11.9 Å². The Bertz CT molecular complexity index is 968. The second kappa shape index (κ2) is 14.2. The lowest BCUT2D eigenvalue weighted by atomic mass is 10.0. The largest absolute Gasteiger partial charge is 0.508 e.